The second-order valence-electron chi connectivity index (χ2n) is 9.39. The highest BCUT2D eigenvalue weighted by atomic mass is 32.1. The number of fused-ring (bicyclic) bond motifs is 2. The number of rotatable bonds is 4. The topological polar surface area (TPSA) is 23.6 Å². The van der Waals surface area contributed by atoms with Crippen molar-refractivity contribution >= 4 is 32.9 Å². The summed E-state index contributed by atoms with van der Waals surface area (Å²) >= 11 is 1.83. The highest BCUT2D eigenvalue weighted by molar-refractivity contribution is 7.17. The van der Waals surface area contributed by atoms with Crippen LogP contribution in [0.3, 0.4) is 0 Å². The van der Waals surface area contributed by atoms with Crippen LogP contribution in [-0.2, 0) is 0 Å². The van der Waals surface area contributed by atoms with E-state index in [0.29, 0.717) is 5.92 Å². The molecule has 0 spiro atoms. The molecule has 2 fully saturated rings. The quantitative estimate of drug-likeness (QED) is 0.451. The van der Waals surface area contributed by atoms with Gasteiger partial charge >= 0.3 is 0 Å². The van der Waals surface area contributed by atoms with Gasteiger partial charge in [-0.1, -0.05) is 18.6 Å². The molecule has 2 saturated heterocycles. The highest BCUT2D eigenvalue weighted by Gasteiger charge is 2.29. The normalized spacial score (nSPS) is 22.1. The van der Waals surface area contributed by atoms with E-state index in [2.05, 4.69) is 22.4 Å². The van der Waals surface area contributed by atoms with Crippen LogP contribution in [0.25, 0.3) is 10.1 Å². The summed E-state index contributed by atoms with van der Waals surface area (Å²) < 4.78 is 1.30. The Bertz CT molecular complexity index is 1070. The van der Waals surface area contributed by atoms with Gasteiger partial charge in [0, 0.05) is 41.7 Å². The fraction of sp³-hybridized carbons (Fsp3) is 0.444. The molecular weight excluding hydrogens is 400 g/mol. The van der Waals surface area contributed by atoms with Crippen LogP contribution in [0.5, 0.6) is 0 Å². The van der Waals surface area contributed by atoms with E-state index in [1.165, 1.54) is 67.3 Å². The molecule has 0 N–H and O–H groups in total. The first kappa shape index (κ1) is 20.7. The third-order valence-electron chi connectivity index (χ3n) is 7.30. The SMILES string of the molecule is CN(C)c1ccccc1C(=O)c1ccc2scc(C3CCC4CCCCN4CC3)c2c1. The van der Waals surface area contributed by atoms with Crippen molar-refractivity contribution in [2.75, 3.05) is 32.1 Å². The van der Waals surface area contributed by atoms with Crippen LogP contribution in [-0.4, -0.2) is 43.9 Å². The second-order valence-corrected chi connectivity index (χ2v) is 10.3. The molecule has 1 aromatic heterocycles. The number of hydrogen-bond donors (Lipinski definition) is 0. The van der Waals surface area contributed by atoms with Gasteiger partial charge in [0.05, 0.1) is 0 Å². The summed E-state index contributed by atoms with van der Waals surface area (Å²) in [5, 5.41) is 3.66. The number of nitrogens with zero attached hydrogens (tertiary/aromatic N) is 2. The Kier molecular flexibility index (Phi) is 5.85. The van der Waals surface area contributed by atoms with E-state index in [-0.39, 0.29) is 5.78 Å². The van der Waals surface area contributed by atoms with Crippen molar-refractivity contribution in [3.63, 3.8) is 0 Å². The maximum atomic E-state index is 13.4. The van der Waals surface area contributed by atoms with E-state index in [0.717, 1.165) is 22.9 Å². The minimum Gasteiger partial charge on any atom is -0.377 e. The molecule has 0 radical (unpaired) electrons. The number of hydrogen-bond acceptors (Lipinski definition) is 4. The highest BCUT2D eigenvalue weighted by Crippen LogP contribution is 2.39. The average Bonchev–Trinajstić information content (AvgIpc) is 3.10. The Hall–Kier alpha value is -2.17. The molecule has 162 valence electrons. The molecule has 5 rings (SSSR count). The Morgan fingerprint density at radius 2 is 1.87 bits per heavy atom. The van der Waals surface area contributed by atoms with Crippen LogP contribution in [0.15, 0.2) is 47.8 Å². The first-order valence-electron chi connectivity index (χ1n) is 11.7. The number of carbonyl (C=O) groups excluding carboxylic acids is 1. The summed E-state index contributed by atoms with van der Waals surface area (Å²) in [4.78, 5) is 18.2. The lowest BCUT2D eigenvalue weighted by Crippen LogP contribution is -2.38. The predicted molar refractivity (Wildman–Crippen MR) is 132 cm³/mol. The number of carbonyl (C=O) groups is 1. The summed E-state index contributed by atoms with van der Waals surface area (Å²) in [7, 11) is 3.98. The first-order chi connectivity index (χ1) is 15.1. The summed E-state index contributed by atoms with van der Waals surface area (Å²) in [6.07, 6.45) is 7.96. The van der Waals surface area contributed by atoms with Gasteiger partial charge in [-0.2, -0.15) is 0 Å². The van der Waals surface area contributed by atoms with Crippen LogP contribution in [0.4, 0.5) is 5.69 Å². The van der Waals surface area contributed by atoms with Crippen molar-refractivity contribution in [1.82, 2.24) is 4.90 Å². The fourth-order valence-corrected chi connectivity index (χ4v) is 6.59. The lowest BCUT2D eigenvalue weighted by atomic mass is 9.89. The molecule has 0 amide bonds. The Morgan fingerprint density at radius 3 is 2.74 bits per heavy atom. The standard InChI is InChI=1S/C27H32N2OS/c1-28(2)25-9-4-3-8-22(25)27(30)20-11-13-26-23(17-20)24(18-31-26)19-10-12-21-7-5-6-15-29(21)16-14-19/h3-4,8-9,11,13,17-19,21H,5-7,10,12,14-16H2,1-2H3. The van der Waals surface area contributed by atoms with E-state index in [1.54, 1.807) is 0 Å². The van der Waals surface area contributed by atoms with Crippen LogP contribution >= 0.6 is 11.3 Å². The van der Waals surface area contributed by atoms with Gasteiger partial charge in [0.25, 0.3) is 0 Å². The van der Waals surface area contributed by atoms with Gasteiger partial charge in [0.15, 0.2) is 5.78 Å². The summed E-state index contributed by atoms with van der Waals surface area (Å²) in [6.45, 7) is 2.51. The minimum absolute atomic E-state index is 0.112. The van der Waals surface area contributed by atoms with Gasteiger partial charge in [-0.25, -0.2) is 0 Å². The Labute approximate surface area is 189 Å². The number of anilines is 1. The summed E-state index contributed by atoms with van der Waals surface area (Å²) in [5.74, 6) is 0.722. The van der Waals surface area contributed by atoms with Crippen molar-refractivity contribution in [3.8, 4) is 0 Å². The number of thiophene rings is 1. The monoisotopic (exact) mass is 432 g/mol. The summed E-state index contributed by atoms with van der Waals surface area (Å²) in [6, 6.07) is 15.0. The van der Waals surface area contributed by atoms with E-state index in [4.69, 9.17) is 0 Å². The van der Waals surface area contributed by atoms with Gasteiger partial charge in [0.2, 0.25) is 0 Å². The van der Waals surface area contributed by atoms with E-state index in [1.807, 2.05) is 60.7 Å². The molecule has 2 aromatic carbocycles. The van der Waals surface area contributed by atoms with Gasteiger partial charge < -0.3 is 9.80 Å². The smallest absolute Gasteiger partial charge is 0.195 e. The third kappa shape index (κ3) is 4.04. The number of ketones is 1. The molecule has 3 nitrogen and oxygen atoms in total. The van der Waals surface area contributed by atoms with Crippen LogP contribution in [0.2, 0.25) is 0 Å². The molecule has 2 aliphatic rings. The third-order valence-corrected chi connectivity index (χ3v) is 8.28. The summed E-state index contributed by atoms with van der Waals surface area (Å²) in [5.41, 5.74) is 4.01. The number of piperidine rings is 1. The first-order valence-corrected chi connectivity index (χ1v) is 12.6. The molecular formula is C27H32N2OS. The molecule has 0 aliphatic carbocycles. The largest absolute Gasteiger partial charge is 0.377 e. The molecule has 0 saturated carbocycles. The molecule has 3 aromatic rings. The van der Waals surface area contributed by atoms with Crippen LogP contribution in [0, 0.1) is 0 Å². The molecule has 2 unspecified atom stereocenters. The van der Waals surface area contributed by atoms with Crippen molar-refractivity contribution in [2.45, 2.75) is 50.5 Å². The molecule has 2 aliphatic heterocycles. The molecule has 31 heavy (non-hydrogen) atoms. The molecule has 3 heterocycles. The van der Waals surface area contributed by atoms with Crippen molar-refractivity contribution in [2.24, 2.45) is 0 Å². The zero-order valence-corrected chi connectivity index (χ0v) is 19.5. The van der Waals surface area contributed by atoms with E-state index >= 15 is 0 Å². The van der Waals surface area contributed by atoms with Crippen molar-refractivity contribution in [1.29, 1.82) is 0 Å². The predicted octanol–water partition coefficient (Wildman–Crippen LogP) is 6.32. The lowest BCUT2D eigenvalue weighted by molar-refractivity contribution is 0.103. The van der Waals surface area contributed by atoms with Crippen molar-refractivity contribution in [3.05, 3.63) is 64.5 Å². The second kappa shape index (κ2) is 8.76. The average molecular weight is 433 g/mol. The van der Waals surface area contributed by atoms with Crippen molar-refractivity contribution < 1.29 is 4.79 Å². The minimum atomic E-state index is 0.112. The zero-order valence-electron chi connectivity index (χ0n) is 18.6. The maximum Gasteiger partial charge on any atom is 0.195 e. The Morgan fingerprint density at radius 1 is 1.00 bits per heavy atom. The molecule has 4 heteroatoms. The van der Waals surface area contributed by atoms with Gasteiger partial charge in [-0.05, 0) is 97.8 Å². The molecule has 0 bridgehead atoms. The van der Waals surface area contributed by atoms with E-state index < -0.39 is 0 Å². The van der Waals surface area contributed by atoms with Gasteiger partial charge in [-0.15, -0.1) is 11.3 Å². The molecule has 2 atom stereocenters. The van der Waals surface area contributed by atoms with Gasteiger partial charge in [-0.3, -0.25) is 4.79 Å². The lowest BCUT2D eigenvalue weighted by Gasteiger charge is -2.33. The zero-order chi connectivity index (χ0) is 21.4. The van der Waals surface area contributed by atoms with Crippen LogP contribution < -0.4 is 4.90 Å². The number of para-hydroxylation sites is 1. The maximum absolute atomic E-state index is 13.4. The Balaban J connectivity index is 1.46. The van der Waals surface area contributed by atoms with Gasteiger partial charge in [0.1, 0.15) is 0 Å². The van der Waals surface area contributed by atoms with Crippen LogP contribution in [0.1, 0.15) is 65.9 Å². The van der Waals surface area contributed by atoms with E-state index in [9.17, 15) is 4.79 Å². The fourth-order valence-electron chi connectivity index (χ4n) is 5.57. The number of benzene rings is 2.